The normalized spacial score (nSPS) is 11.6. The minimum absolute atomic E-state index is 0.106. The Kier molecular flexibility index (Phi) is 7.25. The number of rotatable bonds is 9. The zero-order valence-corrected chi connectivity index (χ0v) is 19.4. The third-order valence-electron chi connectivity index (χ3n) is 5.41. The van der Waals surface area contributed by atoms with Crippen LogP contribution in [0.5, 0.6) is 23.0 Å². The molecule has 3 aromatic carbocycles. The highest BCUT2D eigenvalue weighted by Crippen LogP contribution is 2.36. The van der Waals surface area contributed by atoms with Gasteiger partial charge < -0.3 is 24.8 Å². The predicted molar refractivity (Wildman–Crippen MR) is 133 cm³/mol. The third kappa shape index (κ3) is 5.44. The van der Waals surface area contributed by atoms with E-state index in [0.29, 0.717) is 35.2 Å². The Morgan fingerprint density at radius 2 is 1.62 bits per heavy atom. The van der Waals surface area contributed by atoms with E-state index in [2.05, 4.69) is 15.6 Å². The summed E-state index contributed by atoms with van der Waals surface area (Å²) in [7, 11) is 3.18. The molecule has 0 aliphatic rings. The first kappa shape index (κ1) is 23.1. The largest absolute Gasteiger partial charge is 0.493 e. The predicted octanol–water partition coefficient (Wildman–Crippen LogP) is 5.16. The van der Waals surface area contributed by atoms with Gasteiger partial charge in [-0.3, -0.25) is 9.78 Å². The number of amides is 1. The lowest BCUT2D eigenvalue weighted by molar-refractivity contribution is -0.117. The minimum atomic E-state index is -0.341. The van der Waals surface area contributed by atoms with Gasteiger partial charge in [-0.2, -0.15) is 0 Å². The molecule has 1 heterocycles. The Labute approximate surface area is 198 Å². The standard InChI is InChI=1S/C27H27N3O4/c1-18(29-17-19-7-5-4-6-8-19)27(31)30-20-9-11-21(12-10-20)34-24-13-14-28-23-16-26(33-3)25(32-2)15-22(23)24/h4-16,18,29H,17H2,1-3H3,(H,30,31)/t18-/m1/s1. The van der Waals surface area contributed by atoms with Crippen LogP contribution in [0.4, 0.5) is 5.69 Å². The van der Waals surface area contributed by atoms with Gasteiger partial charge in [0.15, 0.2) is 11.5 Å². The van der Waals surface area contributed by atoms with Crippen LogP contribution in [-0.2, 0) is 11.3 Å². The van der Waals surface area contributed by atoms with Gasteiger partial charge in [-0.25, -0.2) is 0 Å². The minimum Gasteiger partial charge on any atom is -0.493 e. The molecule has 174 valence electrons. The summed E-state index contributed by atoms with van der Waals surface area (Å²) < 4.78 is 16.9. The second-order valence-corrected chi connectivity index (χ2v) is 7.74. The zero-order valence-electron chi connectivity index (χ0n) is 19.4. The quantitative estimate of drug-likeness (QED) is 0.361. The number of carbonyl (C=O) groups excluding carboxylic acids is 1. The van der Waals surface area contributed by atoms with Crippen molar-refractivity contribution in [1.82, 2.24) is 10.3 Å². The molecule has 1 atom stereocenters. The van der Waals surface area contributed by atoms with Gasteiger partial charge in [0.05, 0.1) is 25.8 Å². The average Bonchev–Trinajstić information content (AvgIpc) is 2.88. The van der Waals surface area contributed by atoms with Crippen LogP contribution < -0.4 is 24.8 Å². The number of hydrogen-bond acceptors (Lipinski definition) is 6. The lowest BCUT2D eigenvalue weighted by atomic mass is 10.2. The van der Waals surface area contributed by atoms with E-state index < -0.39 is 0 Å². The van der Waals surface area contributed by atoms with Crippen LogP contribution in [0.15, 0.2) is 79.0 Å². The summed E-state index contributed by atoms with van der Waals surface area (Å²) in [4.78, 5) is 16.9. The molecule has 1 amide bonds. The van der Waals surface area contributed by atoms with Gasteiger partial charge in [-0.1, -0.05) is 30.3 Å². The van der Waals surface area contributed by atoms with Gasteiger partial charge in [-0.05, 0) is 48.9 Å². The van der Waals surface area contributed by atoms with Crippen molar-refractivity contribution in [1.29, 1.82) is 0 Å². The van der Waals surface area contributed by atoms with Crippen LogP contribution in [-0.4, -0.2) is 31.2 Å². The molecule has 4 rings (SSSR count). The van der Waals surface area contributed by atoms with E-state index in [9.17, 15) is 4.79 Å². The van der Waals surface area contributed by atoms with E-state index in [0.717, 1.165) is 16.5 Å². The van der Waals surface area contributed by atoms with Gasteiger partial charge in [0.25, 0.3) is 0 Å². The third-order valence-corrected chi connectivity index (χ3v) is 5.41. The molecule has 0 bridgehead atoms. The van der Waals surface area contributed by atoms with E-state index in [-0.39, 0.29) is 11.9 Å². The van der Waals surface area contributed by atoms with Crippen LogP contribution in [0.3, 0.4) is 0 Å². The molecule has 0 spiro atoms. The van der Waals surface area contributed by atoms with Gasteiger partial charge >= 0.3 is 0 Å². The van der Waals surface area contributed by atoms with E-state index in [1.54, 1.807) is 26.5 Å². The molecule has 0 fully saturated rings. The number of anilines is 1. The first-order valence-electron chi connectivity index (χ1n) is 10.9. The van der Waals surface area contributed by atoms with Gasteiger partial charge in [0.1, 0.15) is 11.5 Å². The number of ether oxygens (including phenoxy) is 3. The summed E-state index contributed by atoms with van der Waals surface area (Å²) in [6, 6.07) is 22.3. The summed E-state index contributed by atoms with van der Waals surface area (Å²) in [5, 5.41) is 6.97. The molecule has 0 unspecified atom stereocenters. The monoisotopic (exact) mass is 457 g/mol. The van der Waals surface area contributed by atoms with Crippen molar-refractivity contribution < 1.29 is 19.0 Å². The molecule has 1 aromatic heterocycles. The zero-order chi connectivity index (χ0) is 23.9. The van der Waals surface area contributed by atoms with Crippen LogP contribution in [0.25, 0.3) is 10.9 Å². The van der Waals surface area contributed by atoms with Crippen molar-refractivity contribution >= 4 is 22.5 Å². The number of benzene rings is 3. The highest BCUT2D eigenvalue weighted by atomic mass is 16.5. The Morgan fingerprint density at radius 1 is 0.912 bits per heavy atom. The van der Waals surface area contributed by atoms with Crippen LogP contribution in [0, 0.1) is 0 Å². The van der Waals surface area contributed by atoms with Crippen molar-refractivity contribution in [3.63, 3.8) is 0 Å². The van der Waals surface area contributed by atoms with Crippen molar-refractivity contribution in [3.8, 4) is 23.0 Å². The Hall–Kier alpha value is -4.10. The van der Waals surface area contributed by atoms with Gasteiger partial charge in [0, 0.05) is 29.9 Å². The summed E-state index contributed by atoms with van der Waals surface area (Å²) in [6.45, 7) is 2.46. The second kappa shape index (κ2) is 10.7. The number of methoxy groups -OCH3 is 2. The molecule has 4 aromatic rings. The fourth-order valence-electron chi connectivity index (χ4n) is 3.48. The van der Waals surface area contributed by atoms with Gasteiger partial charge in [0.2, 0.25) is 5.91 Å². The number of aromatic nitrogens is 1. The van der Waals surface area contributed by atoms with E-state index in [1.165, 1.54) is 0 Å². The van der Waals surface area contributed by atoms with Crippen molar-refractivity contribution in [2.75, 3.05) is 19.5 Å². The molecule has 0 radical (unpaired) electrons. The number of fused-ring (bicyclic) bond motifs is 1. The average molecular weight is 458 g/mol. The number of nitrogens with zero attached hydrogens (tertiary/aromatic N) is 1. The summed E-state index contributed by atoms with van der Waals surface area (Å²) in [6.07, 6.45) is 1.68. The van der Waals surface area contributed by atoms with Crippen LogP contribution in [0.2, 0.25) is 0 Å². The van der Waals surface area contributed by atoms with E-state index >= 15 is 0 Å². The number of hydrogen-bond donors (Lipinski definition) is 2. The highest BCUT2D eigenvalue weighted by Gasteiger charge is 2.14. The summed E-state index contributed by atoms with van der Waals surface area (Å²) in [5.74, 6) is 2.37. The molecule has 0 aliphatic heterocycles. The molecule has 0 saturated carbocycles. The molecule has 0 aliphatic carbocycles. The molecular formula is C27H27N3O4. The smallest absolute Gasteiger partial charge is 0.241 e. The molecule has 2 N–H and O–H groups in total. The van der Waals surface area contributed by atoms with Crippen molar-refractivity contribution in [2.24, 2.45) is 0 Å². The molecule has 0 saturated heterocycles. The maximum Gasteiger partial charge on any atom is 0.241 e. The molecule has 34 heavy (non-hydrogen) atoms. The number of carbonyl (C=O) groups is 1. The van der Waals surface area contributed by atoms with Crippen LogP contribution >= 0.6 is 0 Å². The second-order valence-electron chi connectivity index (χ2n) is 7.74. The Morgan fingerprint density at radius 3 is 2.32 bits per heavy atom. The number of pyridine rings is 1. The topological polar surface area (TPSA) is 81.7 Å². The molecular weight excluding hydrogens is 430 g/mol. The summed E-state index contributed by atoms with van der Waals surface area (Å²) >= 11 is 0. The molecule has 7 heteroatoms. The fraction of sp³-hybridized carbons (Fsp3) is 0.185. The van der Waals surface area contributed by atoms with Crippen LogP contribution in [0.1, 0.15) is 12.5 Å². The first-order chi connectivity index (χ1) is 16.6. The lowest BCUT2D eigenvalue weighted by Crippen LogP contribution is -2.37. The number of nitrogens with one attached hydrogen (secondary N) is 2. The van der Waals surface area contributed by atoms with E-state index in [4.69, 9.17) is 14.2 Å². The SMILES string of the molecule is COc1cc2nccc(Oc3ccc(NC(=O)[C@@H](C)NCc4ccccc4)cc3)c2cc1OC. The maximum atomic E-state index is 12.5. The Bertz CT molecular complexity index is 1260. The Balaban J connectivity index is 1.41. The van der Waals surface area contributed by atoms with Gasteiger partial charge in [-0.15, -0.1) is 0 Å². The van der Waals surface area contributed by atoms with Crippen molar-refractivity contribution in [3.05, 3.63) is 84.6 Å². The lowest BCUT2D eigenvalue weighted by Gasteiger charge is -2.15. The first-order valence-corrected chi connectivity index (χ1v) is 10.9. The molecule has 7 nitrogen and oxygen atoms in total. The van der Waals surface area contributed by atoms with E-state index in [1.807, 2.05) is 73.7 Å². The van der Waals surface area contributed by atoms with Crippen molar-refractivity contribution in [2.45, 2.75) is 19.5 Å². The highest BCUT2D eigenvalue weighted by molar-refractivity contribution is 5.94. The summed E-state index contributed by atoms with van der Waals surface area (Å²) in [5.41, 5.74) is 2.55. The fourth-order valence-corrected chi connectivity index (χ4v) is 3.48. The maximum absolute atomic E-state index is 12.5.